The van der Waals surface area contributed by atoms with Crippen molar-refractivity contribution in [1.82, 2.24) is 0 Å². The van der Waals surface area contributed by atoms with E-state index in [1.165, 1.54) is 24.3 Å². The molecule has 0 aliphatic heterocycles. The van der Waals surface area contributed by atoms with Crippen molar-refractivity contribution in [2.75, 3.05) is 16.8 Å². The zero-order valence-corrected chi connectivity index (χ0v) is 11.6. The molecule has 0 radical (unpaired) electrons. The lowest BCUT2D eigenvalue weighted by atomic mass is 10.3. The Bertz CT molecular complexity index is 707. The molecular weight excluding hydrogens is 298 g/mol. The summed E-state index contributed by atoms with van der Waals surface area (Å²) in [4.78, 5) is 11.8. The summed E-state index contributed by atoms with van der Waals surface area (Å²) < 4.78 is 38.1. The van der Waals surface area contributed by atoms with Gasteiger partial charge in [0.2, 0.25) is 5.91 Å². The summed E-state index contributed by atoms with van der Waals surface area (Å²) in [7, 11) is -1.79. The van der Waals surface area contributed by atoms with E-state index in [9.17, 15) is 17.8 Å². The SMILES string of the molecule is Nc1ccc(F)cc1S(=O)CC(=O)Nc1cccc(F)c1. The van der Waals surface area contributed by atoms with Gasteiger partial charge in [-0.1, -0.05) is 6.07 Å². The van der Waals surface area contributed by atoms with Crippen molar-refractivity contribution >= 4 is 28.1 Å². The first-order valence-corrected chi connectivity index (χ1v) is 7.26. The van der Waals surface area contributed by atoms with Crippen LogP contribution in [0.25, 0.3) is 0 Å². The molecule has 2 aromatic carbocycles. The molecular formula is C14H12F2N2O2S. The second kappa shape index (κ2) is 6.45. The van der Waals surface area contributed by atoms with Crippen LogP contribution in [0.1, 0.15) is 0 Å². The van der Waals surface area contributed by atoms with Crippen LogP contribution in [-0.4, -0.2) is 15.9 Å². The lowest BCUT2D eigenvalue weighted by Gasteiger charge is -2.07. The van der Waals surface area contributed by atoms with E-state index in [1.807, 2.05) is 0 Å². The van der Waals surface area contributed by atoms with Gasteiger partial charge in [0.1, 0.15) is 17.4 Å². The summed E-state index contributed by atoms with van der Waals surface area (Å²) in [5, 5.41) is 2.41. The lowest BCUT2D eigenvalue weighted by Crippen LogP contribution is -2.20. The molecule has 0 aromatic heterocycles. The predicted octanol–water partition coefficient (Wildman–Crippen LogP) is 2.29. The Morgan fingerprint density at radius 3 is 2.57 bits per heavy atom. The Labute approximate surface area is 122 Å². The number of rotatable bonds is 4. The zero-order valence-electron chi connectivity index (χ0n) is 10.8. The molecule has 0 bridgehead atoms. The number of carbonyl (C=O) groups excluding carboxylic acids is 1. The van der Waals surface area contributed by atoms with E-state index in [-0.39, 0.29) is 16.3 Å². The van der Waals surface area contributed by atoms with Crippen LogP contribution >= 0.6 is 0 Å². The maximum atomic E-state index is 13.1. The van der Waals surface area contributed by atoms with Gasteiger partial charge in [0.05, 0.1) is 15.7 Å². The molecule has 7 heteroatoms. The fraction of sp³-hybridized carbons (Fsp3) is 0.0714. The number of hydrogen-bond acceptors (Lipinski definition) is 3. The van der Waals surface area contributed by atoms with Gasteiger partial charge in [-0.2, -0.15) is 0 Å². The molecule has 0 spiro atoms. The fourth-order valence-corrected chi connectivity index (χ4v) is 2.71. The van der Waals surface area contributed by atoms with Crippen LogP contribution in [0.5, 0.6) is 0 Å². The summed E-state index contributed by atoms with van der Waals surface area (Å²) in [6.07, 6.45) is 0. The highest BCUT2D eigenvalue weighted by Gasteiger charge is 2.14. The summed E-state index contributed by atoms with van der Waals surface area (Å²) in [5.41, 5.74) is 6.00. The quantitative estimate of drug-likeness (QED) is 0.851. The number of anilines is 2. The van der Waals surface area contributed by atoms with E-state index in [1.54, 1.807) is 0 Å². The highest BCUT2D eigenvalue weighted by atomic mass is 32.2. The summed E-state index contributed by atoms with van der Waals surface area (Å²) in [6.45, 7) is 0. The smallest absolute Gasteiger partial charge is 0.237 e. The molecule has 4 nitrogen and oxygen atoms in total. The topological polar surface area (TPSA) is 72.2 Å². The number of nitrogen functional groups attached to an aromatic ring is 1. The molecule has 0 heterocycles. The molecule has 1 amide bonds. The second-order valence-electron chi connectivity index (χ2n) is 4.23. The standard InChI is InChI=1S/C14H12F2N2O2S/c15-9-2-1-3-11(6-9)18-14(19)8-21(20)13-7-10(16)4-5-12(13)17/h1-7H,8,17H2,(H,18,19). The number of benzene rings is 2. The Hall–Kier alpha value is -2.28. The predicted molar refractivity (Wildman–Crippen MR) is 77.1 cm³/mol. The monoisotopic (exact) mass is 310 g/mol. The van der Waals surface area contributed by atoms with Gasteiger partial charge in [-0.3, -0.25) is 9.00 Å². The average molecular weight is 310 g/mol. The molecule has 110 valence electrons. The minimum atomic E-state index is -1.79. The van der Waals surface area contributed by atoms with E-state index in [0.29, 0.717) is 0 Å². The number of hydrogen-bond donors (Lipinski definition) is 2. The van der Waals surface area contributed by atoms with Crippen LogP contribution in [0.3, 0.4) is 0 Å². The molecule has 21 heavy (non-hydrogen) atoms. The molecule has 2 aromatic rings. The van der Waals surface area contributed by atoms with Crippen LogP contribution in [0.15, 0.2) is 47.4 Å². The van der Waals surface area contributed by atoms with Crippen molar-refractivity contribution in [3.63, 3.8) is 0 Å². The van der Waals surface area contributed by atoms with Gasteiger partial charge >= 0.3 is 0 Å². The van der Waals surface area contributed by atoms with Crippen molar-refractivity contribution in [2.45, 2.75) is 4.90 Å². The van der Waals surface area contributed by atoms with E-state index in [0.717, 1.165) is 18.2 Å². The number of nitrogens with two attached hydrogens (primary N) is 1. The first-order valence-electron chi connectivity index (χ1n) is 5.94. The Morgan fingerprint density at radius 1 is 1.14 bits per heavy atom. The molecule has 0 saturated carbocycles. The van der Waals surface area contributed by atoms with Crippen LogP contribution < -0.4 is 11.1 Å². The van der Waals surface area contributed by atoms with Crippen molar-refractivity contribution in [1.29, 1.82) is 0 Å². The first-order chi connectivity index (χ1) is 9.95. The van der Waals surface area contributed by atoms with Gasteiger partial charge in [0.15, 0.2) is 0 Å². The van der Waals surface area contributed by atoms with Gasteiger partial charge in [-0.15, -0.1) is 0 Å². The van der Waals surface area contributed by atoms with E-state index in [2.05, 4.69) is 5.32 Å². The summed E-state index contributed by atoms with van der Waals surface area (Å²) in [5.74, 6) is -2.06. The van der Waals surface area contributed by atoms with Crippen molar-refractivity contribution in [3.05, 3.63) is 54.1 Å². The molecule has 1 atom stereocenters. The third kappa shape index (κ3) is 4.09. The minimum absolute atomic E-state index is 0.0596. The highest BCUT2D eigenvalue weighted by molar-refractivity contribution is 7.86. The Balaban J connectivity index is 2.05. The summed E-state index contributed by atoms with van der Waals surface area (Å²) in [6, 6.07) is 8.77. The normalized spacial score (nSPS) is 11.9. The van der Waals surface area contributed by atoms with Crippen LogP contribution in [0, 0.1) is 11.6 Å². The molecule has 1 unspecified atom stereocenters. The molecule has 0 saturated heterocycles. The molecule has 0 fully saturated rings. The van der Waals surface area contributed by atoms with Crippen LogP contribution in [0.2, 0.25) is 0 Å². The number of carbonyl (C=O) groups is 1. The molecule has 2 rings (SSSR count). The zero-order chi connectivity index (χ0) is 15.4. The molecule has 3 N–H and O–H groups in total. The van der Waals surface area contributed by atoms with Gasteiger partial charge in [-0.25, -0.2) is 8.78 Å². The molecule has 0 aliphatic rings. The third-order valence-corrected chi connectivity index (χ3v) is 3.96. The second-order valence-corrected chi connectivity index (χ2v) is 5.65. The Morgan fingerprint density at radius 2 is 1.86 bits per heavy atom. The van der Waals surface area contributed by atoms with Crippen LogP contribution in [0.4, 0.5) is 20.2 Å². The first kappa shape index (κ1) is 15.1. The fourth-order valence-electron chi connectivity index (χ4n) is 1.67. The molecule has 0 aliphatic carbocycles. The van der Waals surface area contributed by atoms with E-state index >= 15 is 0 Å². The maximum Gasteiger partial charge on any atom is 0.237 e. The summed E-state index contributed by atoms with van der Waals surface area (Å²) >= 11 is 0. The average Bonchev–Trinajstić information content (AvgIpc) is 2.41. The van der Waals surface area contributed by atoms with Gasteiger partial charge in [0.25, 0.3) is 0 Å². The maximum absolute atomic E-state index is 13.1. The number of nitrogens with one attached hydrogen (secondary N) is 1. The minimum Gasteiger partial charge on any atom is -0.398 e. The van der Waals surface area contributed by atoms with Gasteiger partial charge < -0.3 is 11.1 Å². The lowest BCUT2D eigenvalue weighted by molar-refractivity contribution is -0.113. The third-order valence-electron chi connectivity index (χ3n) is 2.59. The van der Waals surface area contributed by atoms with E-state index in [4.69, 9.17) is 5.73 Å². The number of halogens is 2. The van der Waals surface area contributed by atoms with Crippen molar-refractivity contribution in [2.24, 2.45) is 0 Å². The largest absolute Gasteiger partial charge is 0.398 e. The van der Waals surface area contributed by atoms with E-state index < -0.39 is 34.1 Å². The van der Waals surface area contributed by atoms with Gasteiger partial charge in [0, 0.05) is 11.4 Å². The highest BCUT2D eigenvalue weighted by Crippen LogP contribution is 2.18. The van der Waals surface area contributed by atoms with Crippen molar-refractivity contribution < 1.29 is 17.8 Å². The Kier molecular flexibility index (Phi) is 4.64. The van der Waals surface area contributed by atoms with Gasteiger partial charge in [-0.05, 0) is 36.4 Å². The number of amides is 1. The van der Waals surface area contributed by atoms with Crippen molar-refractivity contribution in [3.8, 4) is 0 Å². The van der Waals surface area contributed by atoms with Crippen LogP contribution in [-0.2, 0) is 15.6 Å².